The lowest BCUT2D eigenvalue weighted by Gasteiger charge is -2.56. The van der Waals surface area contributed by atoms with Gasteiger partial charge in [0.15, 0.2) is 0 Å². The first kappa shape index (κ1) is 14.9. The first-order chi connectivity index (χ1) is 9.80. The number of likely N-dealkylation sites (tertiary alicyclic amines) is 2. The number of hydrogen-bond acceptors (Lipinski definition) is 2. The maximum atomic E-state index is 12.8. The molecule has 114 valence electrons. The number of nitrogens with zero attached hydrogens (tertiary/aromatic N) is 2. The van der Waals surface area contributed by atoms with Gasteiger partial charge >= 0.3 is 0 Å². The summed E-state index contributed by atoms with van der Waals surface area (Å²) in [7, 11) is 2.18. The number of piperidine rings is 2. The van der Waals surface area contributed by atoms with E-state index in [-0.39, 0.29) is 16.7 Å². The summed E-state index contributed by atoms with van der Waals surface area (Å²) in [6.07, 6.45) is 1.19. The fourth-order valence-electron chi connectivity index (χ4n) is 4.64. The fraction of sp³-hybridized carbons (Fsp3) is 0.588. The lowest BCUT2D eigenvalue weighted by molar-refractivity contribution is -0.0554. The first-order valence-electron chi connectivity index (χ1n) is 7.53. The summed E-state index contributed by atoms with van der Waals surface area (Å²) >= 11 is 6.20. The van der Waals surface area contributed by atoms with Crippen LogP contribution in [0.2, 0.25) is 5.02 Å². The quantitative estimate of drug-likeness (QED) is 0.796. The molecule has 3 rings (SSSR count). The zero-order valence-corrected chi connectivity index (χ0v) is 13.8. The molecular weight excluding hydrogens is 284 g/mol. The van der Waals surface area contributed by atoms with Crippen LogP contribution in [-0.2, 0) is 0 Å². The van der Waals surface area contributed by atoms with Gasteiger partial charge in [-0.15, -0.1) is 0 Å². The van der Waals surface area contributed by atoms with E-state index in [0.717, 1.165) is 26.2 Å². The molecule has 2 unspecified atom stereocenters. The summed E-state index contributed by atoms with van der Waals surface area (Å²) in [5.41, 5.74) is 0.980. The summed E-state index contributed by atoms with van der Waals surface area (Å²) in [6, 6.07) is 7.35. The zero-order valence-electron chi connectivity index (χ0n) is 13.0. The van der Waals surface area contributed by atoms with Crippen LogP contribution in [0.15, 0.2) is 24.3 Å². The topological polar surface area (TPSA) is 23.6 Å². The first-order valence-corrected chi connectivity index (χ1v) is 7.91. The van der Waals surface area contributed by atoms with E-state index in [0.29, 0.717) is 10.6 Å². The fourth-order valence-corrected chi connectivity index (χ4v) is 4.86. The van der Waals surface area contributed by atoms with Crippen LogP contribution in [0.25, 0.3) is 0 Å². The third-order valence-corrected chi connectivity index (χ3v) is 5.02. The van der Waals surface area contributed by atoms with Gasteiger partial charge in [0.05, 0.1) is 10.6 Å². The molecule has 0 aliphatic carbocycles. The van der Waals surface area contributed by atoms with E-state index in [1.54, 1.807) is 6.07 Å². The molecule has 2 fully saturated rings. The number of carbonyl (C=O) groups excluding carboxylic acids is 1. The second-order valence-corrected chi connectivity index (χ2v) is 8.02. The third-order valence-electron chi connectivity index (χ3n) is 4.69. The Hall–Kier alpha value is -1.06. The molecule has 0 N–H and O–H groups in total. The average molecular weight is 307 g/mol. The SMILES string of the molecule is CN1CC2(C)CN(C(=O)c3ccccc3Cl)CC(C)(C1)C2. The zero-order chi connectivity index (χ0) is 15.3. The van der Waals surface area contributed by atoms with Crippen LogP contribution < -0.4 is 0 Å². The molecular formula is C17H23ClN2O. The van der Waals surface area contributed by atoms with Crippen molar-refractivity contribution in [3.63, 3.8) is 0 Å². The Balaban J connectivity index is 1.88. The molecule has 0 radical (unpaired) electrons. The number of hydrogen-bond donors (Lipinski definition) is 0. The minimum absolute atomic E-state index is 0.0716. The van der Waals surface area contributed by atoms with Crippen molar-refractivity contribution >= 4 is 17.5 Å². The van der Waals surface area contributed by atoms with Gasteiger partial charge in [0.25, 0.3) is 5.91 Å². The average Bonchev–Trinajstić information content (AvgIpc) is 2.34. The lowest BCUT2D eigenvalue weighted by atomic mass is 9.65. The summed E-state index contributed by atoms with van der Waals surface area (Å²) in [4.78, 5) is 17.3. The van der Waals surface area contributed by atoms with Gasteiger partial charge in [0.1, 0.15) is 0 Å². The molecule has 1 aromatic carbocycles. The molecule has 4 heteroatoms. The normalized spacial score (nSPS) is 33.0. The van der Waals surface area contributed by atoms with Gasteiger partial charge in [0, 0.05) is 26.2 Å². The second-order valence-electron chi connectivity index (χ2n) is 7.61. The monoisotopic (exact) mass is 306 g/mol. The smallest absolute Gasteiger partial charge is 0.255 e. The number of rotatable bonds is 1. The molecule has 2 aliphatic rings. The van der Waals surface area contributed by atoms with Gasteiger partial charge in [-0.3, -0.25) is 4.79 Å². The molecule has 2 saturated heterocycles. The Bertz CT molecular complexity index is 556. The van der Waals surface area contributed by atoms with Crippen molar-refractivity contribution in [3.05, 3.63) is 34.9 Å². The highest BCUT2D eigenvalue weighted by Crippen LogP contribution is 2.45. The standard InChI is InChI=1S/C17H23ClN2O/c1-16-8-17(2,10-19(3)9-16)12-20(11-16)15(21)13-6-4-5-7-14(13)18/h4-7H,8-12H2,1-3H3. The van der Waals surface area contributed by atoms with Crippen LogP contribution in [0.1, 0.15) is 30.6 Å². The predicted molar refractivity (Wildman–Crippen MR) is 85.7 cm³/mol. The largest absolute Gasteiger partial charge is 0.337 e. The molecule has 21 heavy (non-hydrogen) atoms. The lowest BCUT2D eigenvalue weighted by Crippen LogP contribution is -2.62. The van der Waals surface area contributed by atoms with Gasteiger partial charge in [0.2, 0.25) is 0 Å². The maximum Gasteiger partial charge on any atom is 0.255 e. The van der Waals surface area contributed by atoms with Gasteiger partial charge < -0.3 is 9.80 Å². The molecule has 1 amide bonds. The molecule has 2 bridgehead atoms. The van der Waals surface area contributed by atoms with Crippen LogP contribution in [0.3, 0.4) is 0 Å². The second kappa shape index (κ2) is 4.99. The van der Waals surface area contributed by atoms with Crippen molar-refractivity contribution < 1.29 is 4.79 Å². The molecule has 1 aromatic rings. The maximum absolute atomic E-state index is 12.8. The van der Waals surface area contributed by atoms with Crippen LogP contribution in [0.5, 0.6) is 0 Å². The van der Waals surface area contributed by atoms with Crippen LogP contribution in [0, 0.1) is 10.8 Å². The van der Waals surface area contributed by atoms with E-state index in [4.69, 9.17) is 11.6 Å². The molecule has 0 saturated carbocycles. The third kappa shape index (κ3) is 2.82. The van der Waals surface area contributed by atoms with Crippen molar-refractivity contribution in [1.29, 1.82) is 0 Å². The predicted octanol–water partition coefficient (Wildman–Crippen LogP) is 3.14. The highest BCUT2D eigenvalue weighted by atomic mass is 35.5. The number of benzene rings is 1. The molecule has 2 atom stereocenters. The van der Waals surface area contributed by atoms with Gasteiger partial charge in [-0.1, -0.05) is 37.6 Å². The van der Waals surface area contributed by atoms with Crippen LogP contribution in [-0.4, -0.2) is 48.9 Å². The van der Waals surface area contributed by atoms with E-state index >= 15 is 0 Å². The van der Waals surface area contributed by atoms with E-state index < -0.39 is 0 Å². The molecule has 0 spiro atoms. The summed E-state index contributed by atoms with van der Waals surface area (Å²) in [5, 5.41) is 0.547. The van der Waals surface area contributed by atoms with Crippen molar-refractivity contribution in [1.82, 2.24) is 9.80 Å². The van der Waals surface area contributed by atoms with Gasteiger partial charge in [-0.2, -0.15) is 0 Å². The van der Waals surface area contributed by atoms with Crippen molar-refractivity contribution in [2.24, 2.45) is 10.8 Å². The molecule has 2 heterocycles. The van der Waals surface area contributed by atoms with Gasteiger partial charge in [-0.05, 0) is 36.4 Å². The number of fused-ring (bicyclic) bond motifs is 2. The Morgan fingerprint density at radius 3 is 2.24 bits per heavy atom. The molecule has 3 nitrogen and oxygen atoms in total. The van der Waals surface area contributed by atoms with Gasteiger partial charge in [-0.25, -0.2) is 0 Å². The number of amides is 1. The Morgan fingerprint density at radius 1 is 1.10 bits per heavy atom. The molecule has 0 aromatic heterocycles. The van der Waals surface area contributed by atoms with Crippen LogP contribution >= 0.6 is 11.6 Å². The van der Waals surface area contributed by atoms with Crippen LogP contribution in [0.4, 0.5) is 0 Å². The highest BCUT2D eigenvalue weighted by molar-refractivity contribution is 6.33. The minimum atomic E-state index is 0.0716. The Morgan fingerprint density at radius 2 is 1.67 bits per heavy atom. The Labute approximate surface area is 131 Å². The Kier molecular flexibility index (Phi) is 3.53. The van der Waals surface area contributed by atoms with E-state index in [1.807, 2.05) is 23.1 Å². The summed E-state index contributed by atoms with van der Waals surface area (Å²) < 4.78 is 0. The van der Waals surface area contributed by atoms with E-state index in [1.165, 1.54) is 6.42 Å². The van der Waals surface area contributed by atoms with E-state index in [9.17, 15) is 4.79 Å². The highest BCUT2D eigenvalue weighted by Gasteiger charge is 2.48. The summed E-state index contributed by atoms with van der Waals surface area (Å²) in [6.45, 7) is 8.33. The molecule has 2 aliphatic heterocycles. The number of carbonyl (C=O) groups is 1. The number of halogens is 1. The van der Waals surface area contributed by atoms with Crippen molar-refractivity contribution in [3.8, 4) is 0 Å². The van der Waals surface area contributed by atoms with Crippen molar-refractivity contribution in [2.45, 2.75) is 20.3 Å². The minimum Gasteiger partial charge on any atom is -0.337 e. The summed E-state index contributed by atoms with van der Waals surface area (Å²) in [5.74, 6) is 0.0716. The van der Waals surface area contributed by atoms with Crippen molar-refractivity contribution in [2.75, 3.05) is 33.2 Å². The van der Waals surface area contributed by atoms with E-state index in [2.05, 4.69) is 25.8 Å².